The Bertz CT molecular complexity index is 2120. The number of unbranched alkanes of at least 4 members (excludes halogenated alkanes) is 21. The van der Waals surface area contributed by atoms with E-state index in [1.807, 2.05) is 0 Å². The first-order chi connectivity index (χ1) is 46.2. The van der Waals surface area contributed by atoms with Crippen LogP contribution in [0.25, 0.3) is 0 Å². The molecule has 0 spiro atoms. The number of primary amides is 1. The van der Waals surface area contributed by atoms with Crippen LogP contribution in [0, 0.1) is 0 Å². The minimum atomic E-state index is -1.32. The van der Waals surface area contributed by atoms with Crippen molar-refractivity contribution in [2.75, 3.05) is 52.4 Å². The third kappa shape index (κ3) is 47.3. The second-order valence-corrected chi connectivity index (χ2v) is 25.9. The van der Waals surface area contributed by atoms with Gasteiger partial charge in [-0.05, 0) is 155 Å². The van der Waals surface area contributed by atoms with E-state index < -0.39 is 108 Å². The summed E-state index contributed by atoms with van der Waals surface area (Å²) in [5.41, 5.74) is 53.0. The predicted octanol–water partition coefficient (Wildman–Crippen LogP) is 1.76. The van der Waals surface area contributed by atoms with Crippen LogP contribution in [0.1, 0.15) is 264 Å². The molecule has 28 nitrogen and oxygen atoms in total. The zero-order chi connectivity index (χ0) is 71.6. The van der Waals surface area contributed by atoms with E-state index in [0.717, 1.165) is 103 Å². The Morgan fingerprint density at radius 1 is 0.250 bits per heavy atom. The van der Waals surface area contributed by atoms with Crippen molar-refractivity contribution >= 4 is 59.1 Å². The van der Waals surface area contributed by atoms with E-state index >= 15 is 0 Å². The van der Waals surface area contributed by atoms with E-state index in [-0.39, 0.29) is 69.8 Å². The molecular formula is C68H136N18O10. The van der Waals surface area contributed by atoms with Gasteiger partial charge in [0.1, 0.15) is 30.2 Å². The summed E-state index contributed by atoms with van der Waals surface area (Å²) in [4.78, 5) is 136. The summed E-state index contributed by atoms with van der Waals surface area (Å²) >= 11 is 0. The van der Waals surface area contributed by atoms with Crippen LogP contribution in [-0.4, -0.2) is 166 Å². The molecule has 28 heteroatoms. The Morgan fingerprint density at radius 3 is 0.771 bits per heavy atom. The largest absolute Gasteiger partial charge is 0.368 e. The van der Waals surface area contributed by atoms with Crippen molar-refractivity contribution in [2.45, 2.75) is 319 Å². The molecule has 0 aromatic carbocycles. The molecule has 9 atom stereocenters. The standard InChI is InChI=1S/C68H136N18O10/c1-3-5-7-9-11-13-15-17-33-52(75)63(91)83-56(38-22-29-45-72)66(94)85-58(40-24-31-47-79-61(89)51(74)35-20-27-43-70)68(96)86-57(67(95)84-55(65(93)81-49-59(77)87)37-18-16-14-12-10-8-6-4-2)41-25-32-48-80-64(92)54(82-62(90)53(76)36-21-28-44-71)39-23-30-46-78-60(88)50(73)34-19-26-42-69/h50-58H,3-49,69-76H2,1-2H3,(H2,77,87)(H,78,88)(H,79,89)(H,80,92)(H,81,93)(H,82,90)(H,83,91)(H,84,95)(H,85,94)(H,86,96)/t50-,51-,52?,53-,54-,55?,56-,57-,58-/m0/s1. The Balaban J connectivity index is 7.05. The second-order valence-electron chi connectivity index (χ2n) is 25.9. The lowest BCUT2D eigenvalue weighted by molar-refractivity contribution is -0.135. The van der Waals surface area contributed by atoms with Crippen molar-refractivity contribution in [3.05, 3.63) is 0 Å². The minimum Gasteiger partial charge on any atom is -0.368 e. The number of amides is 10. The maximum absolute atomic E-state index is 14.9. The van der Waals surface area contributed by atoms with Gasteiger partial charge in [0.15, 0.2) is 0 Å². The van der Waals surface area contributed by atoms with Crippen molar-refractivity contribution in [3.8, 4) is 0 Å². The number of carbonyl (C=O) groups excluding carboxylic acids is 10. The van der Waals surface area contributed by atoms with E-state index in [1.165, 1.54) is 12.8 Å². The van der Waals surface area contributed by atoms with Crippen LogP contribution < -0.4 is 99.5 Å². The molecular weight excluding hydrogens is 1230 g/mol. The van der Waals surface area contributed by atoms with Gasteiger partial charge >= 0.3 is 0 Å². The third-order valence-electron chi connectivity index (χ3n) is 17.2. The highest BCUT2D eigenvalue weighted by Crippen LogP contribution is 2.15. The molecule has 558 valence electrons. The lowest BCUT2D eigenvalue weighted by Gasteiger charge is -2.27. The average molecular weight is 1370 g/mol. The summed E-state index contributed by atoms with van der Waals surface area (Å²) < 4.78 is 0. The van der Waals surface area contributed by atoms with Crippen LogP contribution in [0.3, 0.4) is 0 Å². The van der Waals surface area contributed by atoms with Crippen LogP contribution in [0.2, 0.25) is 0 Å². The van der Waals surface area contributed by atoms with Gasteiger partial charge in [-0.15, -0.1) is 0 Å². The Hall–Kier alpha value is -5.62. The number of hydrogen-bond donors (Lipinski definition) is 18. The van der Waals surface area contributed by atoms with E-state index in [1.54, 1.807) is 0 Å². The molecule has 0 aliphatic carbocycles. The van der Waals surface area contributed by atoms with Crippen molar-refractivity contribution < 1.29 is 47.9 Å². The first-order valence-electron chi connectivity index (χ1n) is 36.9. The van der Waals surface area contributed by atoms with E-state index in [2.05, 4.69) is 61.7 Å². The maximum Gasteiger partial charge on any atom is 0.243 e. The number of carbonyl (C=O) groups is 10. The molecule has 27 N–H and O–H groups in total. The molecule has 0 radical (unpaired) electrons. The van der Waals surface area contributed by atoms with Crippen molar-refractivity contribution in [1.82, 2.24) is 47.9 Å². The molecule has 0 fully saturated rings. The van der Waals surface area contributed by atoms with E-state index in [0.29, 0.717) is 123 Å². The monoisotopic (exact) mass is 1370 g/mol. The normalized spacial score (nSPS) is 14.1. The summed E-state index contributed by atoms with van der Waals surface area (Å²) in [6.45, 7) is 6.19. The quantitative estimate of drug-likeness (QED) is 0.0386. The van der Waals surface area contributed by atoms with Crippen molar-refractivity contribution in [2.24, 2.45) is 51.6 Å². The smallest absolute Gasteiger partial charge is 0.243 e. The average Bonchev–Trinajstić information content (AvgIpc) is 1.40. The van der Waals surface area contributed by atoms with Crippen molar-refractivity contribution in [1.29, 1.82) is 0 Å². The summed E-state index contributed by atoms with van der Waals surface area (Å²) in [6.07, 6.45) is 25.9. The first-order valence-corrected chi connectivity index (χ1v) is 36.9. The van der Waals surface area contributed by atoms with Crippen LogP contribution >= 0.6 is 0 Å². The van der Waals surface area contributed by atoms with Gasteiger partial charge in [0, 0.05) is 19.6 Å². The molecule has 0 saturated carbocycles. The molecule has 0 aliphatic rings. The molecule has 0 heterocycles. The third-order valence-corrected chi connectivity index (χ3v) is 17.2. The van der Waals surface area contributed by atoms with Crippen LogP contribution in [0.5, 0.6) is 0 Å². The fourth-order valence-corrected chi connectivity index (χ4v) is 11.0. The van der Waals surface area contributed by atoms with Gasteiger partial charge < -0.3 is 99.5 Å². The SMILES string of the molecule is CCCCCCCCCCC(N)C(=O)N[C@@H](CCCCN)C(=O)N[C@@H](CCCCNC(=O)[C@@H](N)CCCCN)C(=O)N[C@@H](CCCCNC(=O)[C@H](CCCCNC(=O)[C@@H](N)CCCCN)NC(=O)[C@@H](N)CCCCN)C(=O)NC(CCCCCCCCCC)C(=O)NCC(N)=O. The molecule has 0 bridgehead atoms. The number of nitrogens with two attached hydrogens (primary N) is 9. The highest BCUT2D eigenvalue weighted by molar-refractivity contribution is 5.96. The Morgan fingerprint density at radius 2 is 0.469 bits per heavy atom. The summed E-state index contributed by atoms with van der Waals surface area (Å²) in [5, 5.41) is 25.3. The fourth-order valence-electron chi connectivity index (χ4n) is 11.0. The topological polar surface area (TPSA) is 513 Å². The second kappa shape index (κ2) is 60.5. The molecule has 10 amide bonds. The molecule has 0 aromatic rings. The lowest BCUT2D eigenvalue weighted by atomic mass is 10.0. The molecule has 0 aromatic heterocycles. The number of nitrogens with one attached hydrogen (secondary N) is 9. The van der Waals surface area contributed by atoms with E-state index in [9.17, 15) is 47.9 Å². The molecule has 0 rings (SSSR count). The minimum absolute atomic E-state index is 0.0200. The van der Waals surface area contributed by atoms with Gasteiger partial charge in [-0.3, -0.25) is 47.9 Å². The van der Waals surface area contributed by atoms with Crippen LogP contribution in [0.15, 0.2) is 0 Å². The zero-order valence-electron chi connectivity index (χ0n) is 59.2. The predicted molar refractivity (Wildman–Crippen MR) is 380 cm³/mol. The fraction of sp³-hybridized carbons (Fsp3) is 0.853. The van der Waals surface area contributed by atoms with Crippen molar-refractivity contribution in [3.63, 3.8) is 0 Å². The summed E-state index contributed by atoms with van der Waals surface area (Å²) in [6, 6.07) is -9.00. The number of hydrogen-bond acceptors (Lipinski definition) is 18. The lowest BCUT2D eigenvalue weighted by Crippen LogP contribution is -2.59. The molecule has 0 saturated heterocycles. The van der Waals surface area contributed by atoms with Gasteiger partial charge in [-0.1, -0.05) is 136 Å². The first kappa shape index (κ1) is 90.4. The summed E-state index contributed by atoms with van der Waals surface area (Å²) in [7, 11) is 0. The molecule has 96 heavy (non-hydrogen) atoms. The highest BCUT2D eigenvalue weighted by Gasteiger charge is 2.33. The van der Waals surface area contributed by atoms with Gasteiger partial charge in [-0.2, -0.15) is 0 Å². The van der Waals surface area contributed by atoms with Gasteiger partial charge in [0.05, 0.1) is 30.7 Å². The van der Waals surface area contributed by atoms with Crippen LogP contribution in [0.4, 0.5) is 0 Å². The number of rotatable bonds is 65. The highest BCUT2D eigenvalue weighted by atomic mass is 16.2. The summed E-state index contributed by atoms with van der Waals surface area (Å²) in [5.74, 6) is -5.69. The molecule has 0 aliphatic heterocycles. The van der Waals surface area contributed by atoms with Gasteiger partial charge in [-0.25, -0.2) is 0 Å². The molecule has 2 unspecified atom stereocenters. The van der Waals surface area contributed by atoms with E-state index in [4.69, 9.17) is 51.6 Å². The zero-order valence-corrected chi connectivity index (χ0v) is 59.2. The van der Waals surface area contributed by atoms with Gasteiger partial charge in [0.25, 0.3) is 0 Å². The Labute approximate surface area is 575 Å². The van der Waals surface area contributed by atoms with Crippen LogP contribution in [-0.2, 0) is 47.9 Å². The Kier molecular flexibility index (Phi) is 57.0. The maximum atomic E-state index is 14.9. The van der Waals surface area contributed by atoms with Gasteiger partial charge in [0.2, 0.25) is 59.1 Å².